The van der Waals surface area contributed by atoms with Crippen molar-refractivity contribution in [2.24, 2.45) is 0 Å². The van der Waals surface area contributed by atoms with Crippen LogP contribution in [0.5, 0.6) is 0 Å². The van der Waals surface area contributed by atoms with Gasteiger partial charge in [-0.2, -0.15) is 0 Å². The summed E-state index contributed by atoms with van der Waals surface area (Å²) in [6.45, 7) is 20.3. The summed E-state index contributed by atoms with van der Waals surface area (Å²) < 4.78 is 0. The number of carbonyl (C=O) groups is 2. The molecule has 1 aliphatic carbocycles. The van der Waals surface area contributed by atoms with E-state index in [1.54, 1.807) is 0 Å². The minimum atomic E-state index is -1.17. The van der Waals surface area contributed by atoms with Crippen LogP contribution in [-0.4, -0.2) is 36.9 Å². The van der Waals surface area contributed by atoms with E-state index >= 15 is 0 Å². The number of hydrogen-bond donors (Lipinski definition) is 1. The summed E-state index contributed by atoms with van der Waals surface area (Å²) in [5.41, 5.74) is 11.5. The van der Waals surface area contributed by atoms with Gasteiger partial charge < -0.3 is 10.0 Å². The van der Waals surface area contributed by atoms with E-state index in [4.69, 9.17) is 0 Å². The van der Waals surface area contributed by atoms with E-state index in [1.165, 1.54) is 10.8 Å². The van der Waals surface area contributed by atoms with Crippen LogP contribution in [0.2, 0.25) is 0 Å². The minimum Gasteiger partial charge on any atom is -0.387 e. The first-order valence-corrected chi connectivity index (χ1v) is 12.0. The number of carbonyl (C=O) groups excluding carboxylic acids is 2. The van der Waals surface area contributed by atoms with Gasteiger partial charge in [0.15, 0.2) is 0 Å². The van der Waals surface area contributed by atoms with Gasteiger partial charge in [-0.1, -0.05) is 5.57 Å². The molecular weight excluding hydrogens is 422 g/mol. The monoisotopic (exact) mass is 461 g/mol. The number of ketones is 2. The Labute approximate surface area is 204 Å². The zero-order chi connectivity index (χ0) is 26.0. The first-order chi connectivity index (χ1) is 15.7. The second-order valence-electron chi connectivity index (χ2n) is 10.4. The van der Waals surface area contributed by atoms with Gasteiger partial charge in [-0.3, -0.25) is 9.59 Å². The topological polar surface area (TPSA) is 57.6 Å². The summed E-state index contributed by atoms with van der Waals surface area (Å²) in [6, 6.07) is 0. The van der Waals surface area contributed by atoms with Gasteiger partial charge >= 0.3 is 0 Å². The fourth-order valence-electron chi connectivity index (χ4n) is 6.19. The van der Waals surface area contributed by atoms with E-state index < -0.39 is 23.6 Å². The molecular formula is C30H39NO3. The molecule has 0 aliphatic heterocycles. The quantitative estimate of drug-likeness (QED) is 0.690. The molecule has 0 heterocycles. The molecule has 2 aromatic rings. The van der Waals surface area contributed by atoms with Crippen molar-refractivity contribution in [2.75, 3.05) is 19.0 Å². The van der Waals surface area contributed by atoms with Crippen LogP contribution in [0.3, 0.4) is 0 Å². The van der Waals surface area contributed by atoms with Crippen LogP contribution >= 0.6 is 0 Å². The third-order valence-electron chi connectivity index (χ3n) is 8.16. The average Bonchev–Trinajstić information content (AvgIpc) is 2.95. The molecule has 1 fully saturated rings. The molecule has 0 aromatic heterocycles. The molecule has 4 nitrogen and oxygen atoms in total. The molecule has 4 heteroatoms. The molecule has 1 N–H and O–H groups in total. The Morgan fingerprint density at radius 1 is 0.706 bits per heavy atom. The molecule has 182 valence electrons. The Balaban J connectivity index is 2.43. The van der Waals surface area contributed by atoms with E-state index in [0.717, 1.165) is 61.0 Å². The van der Waals surface area contributed by atoms with E-state index in [9.17, 15) is 14.7 Å². The third-order valence-corrected chi connectivity index (χ3v) is 8.16. The number of anilines is 1. The molecule has 1 saturated carbocycles. The Bertz CT molecular complexity index is 1310. The van der Waals surface area contributed by atoms with Crippen LogP contribution in [0, 0.1) is 55.4 Å². The largest absolute Gasteiger partial charge is 0.387 e. The molecule has 2 aromatic carbocycles. The standard InChI is InChI=1S/C30H39NO3/c1-13(2)22-14(3)16(5)23(17(6)15(22)4)25-28(32)26(30(34)29(25)33)24-18(7)20(9)27(31(11)12)21(10)19(24)8/h26,28,32H,1-12H3. The third kappa shape index (κ3) is 3.54. The molecule has 0 spiro atoms. The van der Waals surface area contributed by atoms with Gasteiger partial charge in [0, 0.05) is 25.4 Å². The van der Waals surface area contributed by atoms with Gasteiger partial charge in [-0.05, 0) is 130 Å². The maximum Gasteiger partial charge on any atom is 0.228 e. The fraction of sp³-hybridized carbons (Fsp3) is 0.467. The highest BCUT2D eigenvalue weighted by Gasteiger charge is 2.47. The van der Waals surface area contributed by atoms with Crippen LogP contribution in [0.4, 0.5) is 5.69 Å². The van der Waals surface area contributed by atoms with Crippen LogP contribution in [0.25, 0.3) is 11.1 Å². The number of nitrogens with zero attached hydrogens (tertiary/aromatic N) is 1. The number of benzene rings is 2. The predicted octanol–water partition coefficient (Wildman–Crippen LogP) is 3.86. The van der Waals surface area contributed by atoms with Crippen molar-refractivity contribution in [3.05, 3.63) is 60.5 Å². The van der Waals surface area contributed by atoms with Gasteiger partial charge in [0.05, 0.1) is 12.0 Å². The van der Waals surface area contributed by atoms with Crippen molar-refractivity contribution in [2.45, 2.75) is 81.3 Å². The summed E-state index contributed by atoms with van der Waals surface area (Å²) in [4.78, 5) is 29.0. The molecule has 2 unspecified atom stereocenters. The van der Waals surface area contributed by atoms with Crippen LogP contribution in [0.15, 0.2) is 0 Å². The summed E-state index contributed by atoms with van der Waals surface area (Å²) in [5, 5.41) is 13.6. The second kappa shape index (κ2) is 8.81. The highest BCUT2D eigenvalue weighted by molar-refractivity contribution is 6.57. The van der Waals surface area contributed by atoms with E-state index in [-0.39, 0.29) is 5.57 Å². The lowest BCUT2D eigenvalue weighted by Gasteiger charge is -2.28. The van der Waals surface area contributed by atoms with Crippen molar-refractivity contribution in [1.82, 2.24) is 0 Å². The average molecular weight is 462 g/mol. The molecule has 0 saturated heterocycles. The van der Waals surface area contributed by atoms with E-state index in [1.807, 2.05) is 55.6 Å². The number of Topliss-reactive ketones (excluding diaryl/α,β-unsaturated/α-hetero) is 2. The molecule has 0 radical (unpaired) electrons. The lowest BCUT2D eigenvalue weighted by molar-refractivity contribution is -0.133. The second-order valence-corrected chi connectivity index (χ2v) is 10.4. The molecule has 2 atom stereocenters. The SMILES string of the molecule is CC(C)=c1c(C)c(C)c(=C2C(=O)C(=O)C(c3c(C)c(C)c(N(C)C)c(C)c3C)C2O)c(C)c1C. The van der Waals surface area contributed by atoms with Crippen molar-refractivity contribution in [1.29, 1.82) is 0 Å². The Hall–Kier alpha value is -2.72. The van der Waals surface area contributed by atoms with E-state index in [2.05, 4.69) is 32.6 Å². The highest BCUT2D eigenvalue weighted by atomic mass is 16.3. The van der Waals surface area contributed by atoms with Crippen LogP contribution < -0.4 is 15.3 Å². The van der Waals surface area contributed by atoms with Gasteiger partial charge in [0.1, 0.15) is 0 Å². The predicted molar refractivity (Wildman–Crippen MR) is 141 cm³/mol. The smallest absolute Gasteiger partial charge is 0.228 e. The lowest BCUT2D eigenvalue weighted by Crippen LogP contribution is -2.31. The molecule has 3 rings (SSSR count). The molecule has 34 heavy (non-hydrogen) atoms. The first-order valence-electron chi connectivity index (χ1n) is 12.0. The van der Waals surface area contributed by atoms with Gasteiger partial charge in [-0.15, -0.1) is 0 Å². The molecule has 0 amide bonds. The maximum absolute atomic E-state index is 13.5. The van der Waals surface area contributed by atoms with Crippen molar-refractivity contribution in [3.8, 4) is 0 Å². The van der Waals surface area contributed by atoms with Gasteiger partial charge in [-0.25, -0.2) is 0 Å². The van der Waals surface area contributed by atoms with Gasteiger partial charge in [0.2, 0.25) is 11.6 Å². The Morgan fingerprint density at radius 2 is 1.15 bits per heavy atom. The molecule has 1 aliphatic rings. The zero-order valence-corrected chi connectivity index (χ0v) is 22.9. The van der Waals surface area contributed by atoms with Crippen molar-refractivity contribution >= 4 is 28.4 Å². The number of rotatable bonds is 2. The van der Waals surface area contributed by atoms with Crippen LogP contribution in [0.1, 0.15) is 69.8 Å². The summed E-state index contributed by atoms with van der Waals surface area (Å²) >= 11 is 0. The summed E-state index contributed by atoms with van der Waals surface area (Å²) in [7, 11) is 4.02. The van der Waals surface area contributed by atoms with Crippen molar-refractivity contribution < 1.29 is 14.7 Å². The first kappa shape index (κ1) is 25.9. The number of hydrogen-bond acceptors (Lipinski definition) is 4. The Morgan fingerprint density at radius 3 is 1.53 bits per heavy atom. The normalized spacial score (nSPS) is 18.2. The summed E-state index contributed by atoms with van der Waals surface area (Å²) in [6.07, 6.45) is -1.17. The zero-order valence-electron chi connectivity index (χ0n) is 22.9. The number of aliphatic hydroxyl groups is 1. The van der Waals surface area contributed by atoms with Crippen molar-refractivity contribution in [3.63, 3.8) is 0 Å². The summed E-state index contributed by atoms with van der Waals surface area (Å²) in [5.74, 6) is -1.95. The highest BCUT2D eigenvalue weighted by Crippen LogP contribution is 2.42. The Kier molecular flexibility index (Phi) is 6.71. The fourth-order valence-corrected chi connectivity index (χ4v) is 6.19. The lowest BCUT2D eigenvalue weighted by atomic mass is 9.82. The van der Waals surface area contributed by atoms with E-state index in [0.29, 0.717) is 0 Å². The maximum atomic E-state index is 13.5. The minimum absolute atomic E-state index is 0.252. The van der Waals surface area contributed by atoms with Gasteiger partial charge in [0.25, 0.3) is 0 Å². The molecule has 0 bridgehead atoms. The number of aliphatic hydroxyl groups excluding tert-OH is 1. The van der Waals surface area contributed by atoms with Crippen LogP contribution in [-0.2, 0) is 9.59 Å².